The Morgan fingerprint density at radius 1 is 1.62 bits per heavy atom. The number of halogens is 2. The Bertz CT molecular complexity index is 330. The summed E-state index contributed by atoms with van der Waals surface area (Å²) in [5.74, 6) is -0.356. The van der Waals surface area contributed by atoms with E-state index in [0.717, 1.165) is 0 Å². The highest BCUT2D eigenvalue weighted by Crippen LogP contribution is 2.17. The third kappa shape index (κ3) is 3.02. The Labute approximate surface area is 82.7 Å². The van der Waals surface area contributed by atoms with E-state index in [9.17, 15) is 9.18 Å². The topological polar surface area (TPSA) is 49.3 Å². The molecule has 0 aromatic heterocycles. The fourth-order valence-electron chi connectivity index (χ4n) is 0.836. The summed E-state index contributed by atoms with van der Waals surface area (Å²) in [6.07, 6.45) is -1.10. The molecule has 0 spiro atoms. The second-order valence-corrected chi connectivity index (χ2v) is 3.25. The molecule has 0 saturated heterocycles. The molecule has 3 nitrogen and oxygen atoms in total. The number of hydrogen-bond acceptors (Lipinski definition) is 1. The van der Waals surface area contributed by atoms with Crippen molar-refractivity contribution >= 4 is 22.0 Å². The van der Waals surface area contributed by atoms with Gasteiger partial charge in [0.05, 0.1) is 0 Å². The summed E-state index contributed by atoms with van der Waals surface area (Å²) in [6.45, 7) is 0.163. The first-order chi connectivity index (χ1) is 6.09. The van der Waals surface area contributed by atoms with E-state index in [2.05, 4.69) is 21.2 Å². The number of benzene rings is 1. The fraction of sp³-hybridized carbons (Fsp3) is 0.125. The van der Waals surface area contributed by atoms with E-state index in [-0.39, 0.29) is 12.4 Å². The molecule has 0 atom stereocenters. The van der Waals surface area contributed by atoms with Gasteiger partial charge in [0.25, 0.3) is 0 Å². The van der Waals surface area contributed by atoms with Crippen LogP contribution in [0, 0.1) is 5.82 Å². The highest BCUT2D eigenvalue weighted by atomic mass is 79.9. The van der Waals surface area contributed by atoms with E-state index >= 15 is 0 Å². The van der Waals surface area contributed by atoms with Crippen LogP contribution < -0.4 is 5.32 Å². The molecule has 5 heteroatoms. The lowest BCUT2D eigenvalue weighted by molar-refractivity contribution is 0.194. The summed E-state index contributed by atoms with van der Waals surface area (Å²) < 4.78 is 13.1. The molecular formula is C8H7BrFNO2. The molecule has 13 heavy (non-hydrogen) atoms. The Morgan fingerprint density at radius 3 is 2.85 bits per heavy atom. The van der Waals surface area contributed by atoms with Crippen molar-refractivity contribution in [3.63, 3.8) is 0 Å². The van der Waals surface area contributed by atoms with Gasteiger partial charge in [-0.25, -0.2) is 9.18 Å². The number of nitrogens with one attached hydrogen (secondary N) is 1. The zero-order valence-electron chi connectivity index (χ0n) is 6.55. The Hall–Kier alpha value is -1.10. The number of carboxylic acid groups (broad SMARTS) is 1. The molecule has 0 aliphatic rings. The van der Waals surface area contributed by atoms with Gasteiger partial charge in [-0.05, 0) is 17.7 Å². The smallest absolute Gasteiger partial charge is 0.404 e. The average molecular weight is 248 g/mol. The van der Waals surface area contributed by atoms with E-state index in [0.29, 0.717) is 10.0 Å². The SMILES string of the molecule is O=C(O)NCc1ccc(F)cc1Br. The van der Waals surface area contributed by atoms with Gasteiger partial charge in [0.1, 0.15) is 5.82 Å². The van der Waals surface area contributed by atoms with Crippen LogP contribution in [0.2, 0.25) is 0 Å². The van der Waals surface area contributed by atoms with Gasteiger partial charge in [-0.15, -0.1) is 0 Å². The molecule has 1 rings (SSSR count). The maximum absolute atomic E-state index is 12.6. The maximum atomic E-state index is 12.6. The van der Waals surface area contributed by atoms with Crippen LogP contribution in [-0.2, 0) is 6.54 Å². The minimum absolute atomic E-state index is 0.163. The molecule has 0 aliphatic heterocycles. The number of amides is 1. The summed E-state index contributed by atoms with van der Waals surface area (Å²) in [6, 6.07) is 4.10. The highest BCUT2D eigenvalue weighted by molar-refractivity contribution is 9.10. The van der Waals surface area contributed by atoms with E-state index in [1.165, 1.54) is 18.2 Å². The predicted molar refractivity (Wildman–Crippen MR) is 49.0 cm³/mol. The van der Waals surface area contributed by atoms with Crippen LogP contribution in [0.15, 0.2) is 22.7 Å². The zero-order valence-corrected chi connectivity index (χ0v) is 8.14. The summed E-state index contributed by atoms with van der Waals surface area (Å²) in [5.41, 5.74) is 0.698. The monoisotopic (exact) mass is 247 g/mol. The molecular weight excluding hydrogens is 241 g/mol. The molecule has 0 fully saturated rings. The molecule has 0 aliphatic carbocycles. The first kappa shape index (κ1) is 9.98. The second-order valence-electron chi connectivity index (χ2n) is 2.39. The van der Waals surface area contributed by atoms with Crippen molar-refractivity contribution in [2.75, 3.05) is 0 Å². The largest absolute Gasteiger partial charge is 0.465 e. The van der Waals surface area contributed by atoms with Crippen LogP contribution in [0.4, 0.5) is 9.18 Å². The van der Waals surface area contributed by atoms with Crippen LogP contribution in [0.25, 0.3) is 0 Å². The van der Waals surface area contributed by atoms with Crippen LogP contribution >= 0.6 is 15.9 Å². The predicted octanol–water partition coefficient (Wildman–Crippen LogP) is 2.36. The number of hydrogen-bond donors (Lipinski definition) is 2. The van der Waals surface area contributed by atoms with Crippen molar-refractivity contribution in [2.24, 2.45) is 0 Å². The Morgan fingerprint density at radius 2 is 2.31 bits per heavy atom. The van der Waals surface area contributed by atoms with Crippen molar-refractivity contribution in [1.29, 1.82) is 0 Å². The van der Waals surface area contributed by atoms with Gasteiger partial charge in [0, 0.05) is 11.0 Å². The molecule has 0 radical (unpaired) electrons. The first-order valence-corrected chi connectivity index (χ1v) is 4.29. The Balaban J connectivity index is 2.72. The van der Waals surface area contributed by atoms with Crippen LogP contribution in [0.5, 0.6) is 0 Å². The standard InChI is InChI=1S/C8H7BrFNO2/c9-7-3-6(10)2-1-5(7)4-11-8(12)13/h1-3,11H,4H2,(H,12,13). The second kappa shape index (κ2) is 4.23. The molecule has 0 bridgehead atoms. The first-order valence-electron chi connectivity index (χ1n) is 3.50. The third-order valence-electron chi connectivity index (χ3n) is 1.45. The van der Waals surface area contributed by atoms with Gasteiger partial charge in [0.15, 0.2) is 0 Å². The van der Waals surface area contributed by atoms with E-state index in [4.69, 9.17) is 5.11 Å². The van der Waals surface area contributed by atoms with Gasteiger partial charge in [-0.1, -0.05) is 22.0 Å². The number of carbonyl (C=O) groups is 1. The summed E-state index contributed by atoms with van der Waals surface area (Å²) >= 11 is 3.12. The van der Waals surface area contributed by atoms with Gasteiger partial charge in [-0.2, -0.15) is 0 Å². The maximum Gasteiger partial charge on any atom is 0.404 e. The molecule has 0 unspecified atom stereocenters. The molecule has 0 saturated carbocycles. The molecule has 70 valence electrons. The van der Waals surface area contributed by atoms with Crippen molar-refractivity contribution in [2.45, 2.75) is 6.54 Å². The lowest BCUT2D eigenvalue weighted by atomic mass is 10.2. The molecule has 2 N–H and O–H groups in total. The van der Waals surface area contributed by atoms with E-state index in [1.54, 1.807) is 0 Å². The summed E-state index contributed by atoms with van der Waals surface area (Å²) in [7, 11) is 0. The van der Waals surface area contributed by atoms with Gasteiger partial charge >= 0.3 is 6.09 Å². The van der Waals surface area contributed by atoms with Crippen molar-refractivity contribution in [3.8, 4) is 0 Å². The zero-order chi connectivity index (χ0) is 9.84. The van der Waals surface area contributed by atoms with Gasteiger partial charge in [0.2, 0.25) is 0 Å². The van der Waals surface area contributed by atoms with E-state index < -0.39 is 6.09 Å². The number of rotatable bonds is 2. The quantitative estimate of drug-likeness (QED) is 0.843. The molecule has 1 amide bonds. The lowest BCUT2D eigenvalue weighted by Crippen LogP contribution is -2.20. The normalized spacial score (nSPS) is 9.69. The van der Waals surface area contributed by atoms with Crippen molar-refractivity contribution < 1.29 is 14.3 Å². The lowest BCUT2D eigenvalue weighted by Gasteiger charge is -2.03. The van der Waals surface area contributed by atoms with Gasteiger partial charge in [-0.3, -0.25) is 0 Å². The van der Waals surface area contributed by atoms with Crippen LogP contribution in [-0.4, -0.2) is 11.2 Å². The van der Waals surface area contributed by atoms with Crippen molar-refractivity contribution in [1.82, 2.24) is 5.32 Å². The average Bonchev–Trinajstić information content (AvgIpc) is 2.02. The van der Waals surface area contributed by atoms with Gasteiger partial charge < -0.3 is 10.4 Å². The van der Waals surface area contributed by atoms with E-state index in [1.807, 2.05) is 0 Å². The van der Waals surface area contributed by atoms with Crippen molar-refractivity contribution in [3.05, 3.63) is 34.1 Å². The van der Waals surface area contributed by atoms with Crippen LogP contribution in [0.3, 0.4) is 0 Å². The third-order valence-corrected chi connectivity index (χ3v) is 2.18. The molecule has 1 aromatic carbocycles. The van der Waals surface area contributed by atoms with Crippen LogP contribution in [0.1, 0.15) is 5.56 Å². The molecule has 0 heterocycles. The Kier molecular flexibility index (Phi) is 3.25. The summed E-state index contributed by atoms with van der Waals surface area (Å²) in [5, 5.41) is 10.5. The highest BCUT2D eigenvalue weighted by Gasteiger charge is 2.02. The fourth-order valence-corrected chi connectivity index (χ4v) is 1.33. The molecule has 1 aromatic rings. The minimum atomic E-state index is -1.10. The minimum Gasteiger partial charge on any atom is -0.465 e. The summed E-state index contributed by atoms with van der Waals surface area (Å²) in [4.78, 5) is 10.2.